The second kappa shape index (κ2) is 7.17. The predicted octanol–water partition coefficient (Wildman–Crippen LogP) is 2.57. The van der Waals surface area contributed by atoms with Gasteiger partial charge in [0.2, 0.25) is 10.0 Å². The molecular weight excluding hydrogens is 326 g/mol. The molecule has 0 radical (unpaired) electrons. The van der Waals surface area contributed by atoms with Crippen molar-refractivity contribution in [1.29, 1.82) is 0 Å². The third-order valence-electron chi connectivity index (χ3n) is 4.30. The number of halogens is 1. The third kappa shape index (κ3) is 3.93. The van der Waals surface area contributed by atoms with Crippen LogP contribution in [0.15, 0.2) is 23.1 Å². The molecule has 1 aromatic carbocycles. The van der Waals surface area contributed by atoms with E-state index in [9.17, 15) is 13.5 Å². The van der Waals surface area contributed by atoms with Crippen molar-refractivity contribution >= 4 is 21.6 Å². The van der Waals surface area contributed by atoms with E-state index >= 15 is 0 Å². The maximum Gasteiger partial charge on any atom is 0.244 e. The lowest BCUT2D eigenvalue weighted by atomic mass is 9.75. The fourth-order valence-electron chi connectivity index (χ4n) is 2.88. The van der Waals surface area contributed by atoms with Crippen LogP contribution in [0, 0.1) is 5.41 Å². The SMILES string of the molecule is COc1ccc(Cl)cc1S(=O)(=O)NCC1(CO)CCCCC1. The van der Waals surface area contributed by atoms with E-state index in [0.717, 1.165) is 32.1 Å². The normalized spacial score (nSPS) is 18.1. The monoisotopic (exact) mass is 347 g/mol. The number of hydrogen-bond acceptors (Lipinski definition) is 4. The number of hydrogen-bond donors (Lipinski definition) is 2. The number of nitrogens with one attached hydrogen (secondary N) is 1. The van der Waals surface area contributed by atoms with Gasteiger partial charge in [-0.15, -0.1) is 0 Å². The first-order chi connectivity index (χ1) is 10.4. The van der Waals surface area contributed by atoms with Gasteiger partial charge in [-0.3, -0.25) is 0 Å². The van der Waals surface area contributed by atoms with Gasteiger partial charge >= 0.3 is 0 Å². The van der Waals surface area contributed by atoms with Gasteiger partial charge in [-0.1, -0.05) is 30.9 Å². The largest absolute Gasteiger partial charge is 0.495 e. The van der Waals surface area contributed by atoms with E-state index in [-0.39, 0.29) is 29.2 Å². The van der Waals surface area contributed by atoms with Gasteiger partial charge in [0, 0.05) is 23.6 Å². The molecule has 0 saturated heterocycles. The van der Waals surface area contributed by atoms with Crippen LogP contribution in [0.5, 0.6) is 5.75 Å². The molecule has 0 unspecified atom stereocenters. The predicted molar refractivity (Wildman–Crippen MR) is 85.8 cm³/mol. The highest BCUT2D eigenvalue weighted by atomic mass is 35.5. The summed E-state index contributed by atoms with van der Waals surface area (Å²) in [5.41, 5.74) is -0.364. The van der Waals surface area contributed by atoms with Crippen LogP contribution in [0.2, 0.25) is 5.02 Å². The summed E-state index contributed by atoms with van der Waals surface area (Å²) in [7, 11) is -2.33. The lowest BCUT2D eigenvalue weighted by Crippen LogP contribution is -2.41. The fourth-order valence-corrected chi connectivity index (χ4v) is 4.47. The minimum Gasteiger partial charge on any atom is -0.495 e. The number of sulfonamides is 1. The molecule has 7 heteroatoms. The minimum absolute atomic E-state index is 0.0117. The maximum atomic E-state index is 12.5. The van der Waals surface area contributed by atoms with Crippen LogP contribution in [0.3, 0.4) is 0 Å². The number of aliphatic hydroxyl groups excluding tert-OH is 1. The molecule has 0 amide bonds. The highest BCUT2D eigenvalue weighted by Crippen LogP contribution is 2.36. The van der Waals surface area contributed by atoms with E-state index in [1.807, 2.05) is 0 Å². The molecule has 2 N–H and O–H groups in total. The summed E-state index contributed by atoms with van der Waals surface area (Å²) in [5, 5.41) is 10.0. The standard InChI is InChI=1S/C15H22ClNO4S/c1-21-13-6-5-12(16)9-14(13)22(19,20)17-10-15(11-18)7-3-2-4-8-15/h5-6,9,17-18H,2-4,7-8,10-11H2,1H3. The van der Waals surface area contributed by atoms with Crippen molar-refractivity contribution in [1.82, 2.24) is 4.72 Å². The average Bonchev–Trinajstić information content (AvgIpc) is 2.54. The summed E-state index contributed by atoms with van der Waals surface area (Å²) < 4.78 is 32.8. The molecule has 0 spiro atoms. The van der Waals surface area contributed by atoms with Crippen molar-refractivity contribution in [2.24, 2.45) is 5.41 Å². The number of methoxy groups -OCH3 is 1. The van der Waals surface area contributed by atoms with Crippen molar-refractivity contribution < 1.29 is 18.3 Å². The van der Waals surface area contributed by atoms with Gasteiger partial charge in [-0.2, -0.15) is 0 Å². The summed E-state index contributed by atoms with van der Waals surface area (Å²) in [6.07, 6.45) is 4.83. The van der Waals surface area contributed by atoms with E-state index in [1.165, 1.54) is 19.2 Å². The van der Waals surface area contributed by atoms with Gasteiger partial charge in [0.1, 0.15) is 10.6 Å². The topological polar surface area (TPSA) is 75.6 Å². The van der Waals surface area contributed by atoms with Crippen LogP contribution < -0.4 is 9.46 Å². The lowest BCUT2D eigenvalue weighted by molar-refractivity contribution is 0.0867. The Kier molecular flexibility index (Phi) is 5.71. The molecule has 1 aromatic rings. The van der Waals surface area contributed by atoms with Crippen LogP contribution >= 0.6 is 11.6 Å². The molecule has 22 heavy (non-hydrogen) atoms. The number of benzene rings is 1. The van der Waals surface area contributed by atoms with Gasteiger partial charge in [-0.05, 0) is 31.0 Å². The summed E-state index contributed by atoms with van der Waals surface area (Å²) in [5.74, 6) is 0.249. The first-order valence-corrected chi connectivity index (χ1v) is 9.23. The second-order valence-electron chi connectivity index (χ2n) is 5.84. The van der Waals surface area contributed by atoms with Crippen LogP contribution in [0.1, 0.15) is 32.1 Å². The van der Waals surface area contributed by atoms with Crippen molar-refractivity contribution in [3.63, 3.8) is 0 Å². The molecule has 1 aliphatic carbocycles. The van der Waals surface area contributed by atoms with Gasteiger partial charge in [0.25, 0.3) is 0 Å². The van der Waals surface area contributed by atoms with E-state index < -0.39 is 10.0 Å². The van der Waals surface area contributed by atoms with Crippen LogP contribution in [-0.4, -0.2) is 33.8 Å². The van der Waals surface area contributed by atoms with E-state index in [2.05, 4.69) is 4.72 Å². The molecule has 2 rings (SSSR count). The van der Waals surface area contributed by atoms with Crippen LogP contribution in [-0.2, 0) is 10.0 Å². The molecule has 1 aliphatic rings. The number of rotatable bonds is 6. The van der Waals surface area contributed by atoms with Crippen molar-refractivity contribution in [2.45, 2.75) is 37.0 Å². The Morgan fingerprint density at radius 2 is 2.00 bits per heavy atom. The van der Waals surface area contributed by atoms with Crippen LogP contribution in [0.25, 0.3) is 0 Å². The molecule has 1 saturated carbocycles. The molecule has 0 aliphatic heterocycles. The summed E-state index contributed by atoms with van der Waals surface area (Å²) in [4.78, 5) is 0.0198. The Hall–Kier alpha value is -0.820. The minimum atomic E-state index is -3.74. The molecule has 0 aromatic heterocycles. The third-order valence-corrected chi connectivity index (χ3v) is 5.96. The fraction of sp³-hybridized carbons (Fsp3) is 0.600. The summed E-state index contributed by atoms with van der Waals surface area (Å²) >= 11 is 5.90. The number of aliphatic hydroxyl groups is 1. The smallest absolute Gasteiger partial charge is 0.244 e. The van der Waals surface area contributed by atoms with Crippen molar-refractivity contribution in [3.8, 4) is 5.75 Å². The Labute approximate surface area is 136 Å². The average molecular weight is 348 g/mol. The molecule has 5 nitrogen and oxygen atoms in total. The molecule has 1 fully saturated rings. The van der Waals surface area contributed by atoms with Gasteiger partial charge < -0.3 is 9.84 Å². The van der Waals surface area contributed by atoms with E-state index in [4.69, 9.17) is 16.3 Å². The van der Waals surface area contributed by atoms with E-state index in [0.29, 0.717) is 5.02 Å². The van der Waals surface area contributed by atoms with Crippen molar-refractivity contribution in [2.75, 3.05) is 20.3 Å². The highest BCUT2D eigenvalue weighted by Gasteiger charge is 2.33. The summed E-state index contributed by atoms with van der Waals surface area (Å²) in [6.45, 7) is 0.212. The highest BCUT2D eigenvalue weighted by molar-refractivity contribution is 7.89. The Morgan fingerprint density at radius 3 is 2.59 bits per heavy atom. The summed E-state index contributed by atoms with van der Waals surface area (Å²) in [6, 6.07) is 4.48. The van der Waals surface area contributed by atoms with Gasteiger partial charge in [-0.25, -0.2) is 13.1 Å². The Morgan fingerprint density at radius 1 is 1.32 bits per heavy atom. The maximum absolute atomic E-state index is 12.5. The van der Waals surface area contributed by atoms with Crippen molar-refractivity contribution in [3.05, 3.63) is 23.2 Å². The molecular formula is C15H22ClNO4S. The zero-order chi connectivity index (χ0) is 16.2. The molecule has 0 heterocycles. The molecule has 0 atom stereocenters. The first-order valence-electron chi connectivity index (χ1n) is 7.36. The second-order valence-corrected chi connectivity index (χ2v) is 8.01. The Balaban J connectivity index is 2.19. The zero-order valence-corrected chi connectivity index (χ0v) is 14.2. The first kappa shape index (κ1) is 17.5. The Bertz CT molecular complexity index is 612. The molecule has 124 valence electrons. The van der Waals surface area contributed by atoms with E-state index in [1.54, 1.807) is 6.07 Å². The van der Waals surface area contributed by atoms with Gasteiger partial charge in [0.05, 0.1) is 7.11 Å². The van der Waals surface area contributed by atoms with Crippen LogP contribution in [0.4, 0.5) is 0 Å². The lowest BCUT2D eigenvalue weighted by Gasteiger charge is -2.35. The number of ether oxygens (including phenoxy) is 1. The van der Waals surface area contributed by atoms with Gasteiger partial charge in [0.15, 0.2) is 0 Å². The molecule has 0 bridgehead atoms. The zero-order valence-electron chi connectivity index (χ0n) is 12.6. The quantitative estimate of drug-likeness (QED) is 0.829.